The Bertz CT molecular complexity index is 1130. The number of carbonyl (C=O) groups excluding carboxylic acids is 3. The van der Waals surface area contributed by atoms with E-state index < -0.39 is 17.1 Å². The number of nitrogens with zero attached hydrogens (tertiary/aromatic N) is 2. The molecule has 0 saturated carbocycles. The summed E-state index contributed by atoms with van der Waals surface area (Å²) in [4.78, 5) is 38.1. The van der Waals surface area contributed by atoms with E-state index in [9.17, 15) is 14.4 Å². The lowest BCUT2D eigenvalue weighted by Gasteiger charge is -2.14. The Kier molecular flexibility index (Phi) is 7.76. The lowest BCUT2D eigenvalue weighted by atomic mass is 10.2. The van der Waals surface area contributed by atoms with E-state index in [0.717, 1.165) is 16.7 Å². The Morgan fingerprint density at radius 1 is 1.25 bits per heavy atom. The maximum Gasteiger partial charge on any atom is 0.293 e. The predicted octanol–water partition coefficient (Wildman–Crippen LogP) is 3.45. The molecule has 0 unspecified atom stereocenters. The molecule has 0 spiro atoms. The summed E-state index contributed by atoms with van der Waals surface area (Å²) >= 11 is 6.93. The number of rotatable bonds is 8. The molecule has 1 saturated heterocycles. The normalized spacial score (nSPS) is 14.4. The van der Waals surface area contributed by atoms with E-state index in [-0.39, 0.29) is 24.6 Å². The van der Waals surface area contributed by atoms with E-state index in [4.69, 9.17) is 26.3 Å². The van der Waals surface area contributed by atoms with Crippen molar-refractivity contribution in [2.45, 2.75) is 0 Å². The van der Waals surface area contributed by atoms with Crippen molar-refractivity contribution in [2.75, 3.05) is 26.8 Å². The smallest absolute Gasteiger partial charge is 0.293 e. The maximum absolute atomic E-state index is 12.5. The van der Waals surface area contributed by atoms with Crippen LogP contribution in [0.1, 0.15) is 11.1 Å². The van der Waals surface area contributed by atoms with Gasteiger partial charge in [0.1, 0.15) is 0 Å². The number of hydrogen-bond donors (Lipinski definition) is 1. The number of nitriles is 1. The summed E-state index contributed by atoms with van der Waals surface area (Å²) in [5.74, 6) is -0.222. The van der Waals surface area contributed by atoms with E-state index in [1.165, 1.54) is 19.2 Å². The molecule has 1 N–H and O–H groups in total. The molecule has 3 amide bonds. The fourth-order valence-corrected chi connectivity index (χ4v) is 3.83. The first kappa shape index (κ1) is 23.2. The Morgan fingerprint density at radius 3 is 2.75 bits per heavy atom. The molecular weight excluding hydrogens is 454 g/mol. The summed E-state index contributed by atoms with van der Waals surface area (Å²) in [5, 5.41) is 11.6. The summed E-state index contributed by atoms with van der Waals surface area (Å²) < 4.78 is 10.6. The van der Waals surface area contributed by atoms with Crippen LogP contribution in [0.25, 0.3) is 6.08 Å². The van der Waals surface area contributed by atoms with E-state index >= 15 is 0 Å². The van der Waals surface area contributed by atoms with Crippen LogP contribution in [0.2, 0.25) is 5.02 Å². The zero-order chi connectivity index (χ0) is 23.1. The van der Waals surface area contributed by atoms with Gasteiger partial charge in [0.25, 0.3) is 17.1 Å². The highest BCUT2D eigenvalue weighted by Crippen LogP contribution is 2.33. The standard InChI is InChI=1S/C22H18ClN3O5S/c1-30-18-10-14(12-24)6-7-17(18)31-13-20(27)25-8-9-26-21(28)19(32-22(26)29)11-15-4-2-3-5-16(15)23/h2-7,10-11H,8-9,13H2,1H3,(H,25,27)/b19-11-. The molecule has 1 fully saturated rings. The highest BCUT2D eigenvalue weighted by molar-refractivity contribution is 8.18. The monoisotopic (exact) mass is 471 g/mol. The van der Waals surface area contributed by atoms with Crippen molar-refractivity contribution >= 4 is 46.5 Å². The molecule has 1 heterocycles. The highest BCUT2D eigenvalue weighted by Gasteiger charge is 2.34. The van der Waals surface area contributed by atoms with Gasteiger partial charge in [-0.05, 0) is 41.6 Å². The van der Waals surface area contributed by atoms with E-state index in [0.29, 0.717) is 27.6 Å². The van der Waals surface area contributed by atoms with Gasteiger partial charge >= 0.3 is 0 Å². The van der Waals surface area contributed by atoms with Crippen LogP contribution in [-0.2, 0) is 9.59 Å². The summed E-state index contributed by atoms with van der Waals surface area (Å²) in [7, 11) is 1.43. The third-order valence-corrected chi connectivity index (χ3v) is 5.63. The zero-order valence-corrected chi connectivity index (χ0v) is 18.5. The van der Waals surface area contributed by atoms with Crippen molar-refractivity contribution in [3.63, 3.8) is 0 Å². The molecule has 1 aliphatic rings. The van der Waals surface area contributed by atoms with Crippen molar-refractivity contribution in [1.29, 1.82) is 5.26 Å². The number of carbonyl (C=O) groups is 3. The van der Waals surface area contributed by atoms with Crippen molar-refractivity contribution in [3.8, 4) is 17.6 Å². The maximum atomic E-state index is 12.5. The van der Waals surface area contributed by atoms with Gasteiger partial charge in [-0.15, -0.1) is 0 Å². The first-order valence-corrected chi connectivity index (χ1v) is 10.6. The predicted molar refractivity (Wildman–Crippen MR) is 120 cm³/mol. The molecule has 0 aromatic heterocycles. The average molecular weight is 472 g/mol. The van der Waals surface area contributed by atoms with Crippen molar-refractivity contribution < 1.29 is 23.9 Å². The summed E-state index contributed by atoms with van der Waals surface area (Å²) in [6, 6.07) is 13.6. The quantitative estimate of drug-likeness (QED) is 0.587. The number of methoxy groups -OCH3 is 1. The molecule has 10 heteroatoms. The van der Waals surface area contributed by atoms with Gasteiger partial charge in [0, 0.05) is 24.2 Å². The molecule has 164 valence electrons. The van der Waals surface area contributed by atoms with E-state index in [1.54, 1.807) is 36.4 Å². The van der Waals surface area contributed by atoms with Crippen LogP contribution in [0.3, 0.4) is 0 Å². The molecule has 1 aliphatic heterocycles. The van der Waals surface area contributed by atoms with Crippen LogP contribution in [0.5, 0.6) is 11.5 Å². The first-order chi connectivity index (χ1) is 15.4. The number of benzene rings is 2. The van der Waals surface area contributed by atoms with Gasteiger partial charge in [0.05, 0.1) is 23.6 Å². The second-order valence-corrected chi connectivity index (χ2v) is 7.87. The van der Waals surface area contributed by atoms with Crippen molar-refractivity contribution in [1.82, 2.24) is 10.2 Å². The highest BCUT2D eigenvalue weighted by atomic mass is 35.5. The minimum Gasteiger partial charge on any atom is -0.493 e. The Labute approximate surface area is 193 Å². The molecule has 3 rings (SSSR count). The van der Waals surface area contributed by atoms with Crippen LogP contribution < -0.4 is 14.8 Å². The van der Waals surface area contributed by atoms with Crippen LogP contribution in [0.4, 0.5) is 4.79 Å². The van der Waals surface area contributed by atoms with Crippen LogP contribution in [0.15, 0.2) is 47.4 Å². The summed E-state index contributed by atoms with van der Waals surface area (Å²) in [6.07, 6.45) is 1.57. The third-order valence-electron chi connectivity index (χ3n) is 4.37. The molecule has 0 bridgehead atoms. The average Bonchev–Trinajstić information content (AvgIpc) is 3.06. The number of ether oxygens (including phenoxy) is 2. The summed E-state index contributed by atoms with van der Waals surface area (Å²) in [5.41, 5.74) is 1.04. The Morgan fingerprint density at radius 2 is 2.03 bits per heavy atom. The van der Waals surface area contributed by atoms with Gasteiger partial charge in [0.2, 0.25) is 0 Å². The lowest BCUT2D eigenvalue weighted by Crippen LogP contribution is -2.38. The molecule has 2 aromatic carbocycles. The minimum absolute atomic E-state index is 0.0243. The number of nitrogens with one attached hydrogen (secondary N) is 1. The van der Waals surface area contributed by atoms with Gasteiger partial charge in [0.15, 0.2) is 18.1 Å². The lowest BCUT2D eigenvalue weighted by molar-refractivity contribution is -0.125. The van der Waals surface area contributed by atoms with Gasteiger partial charge in [-0.3, -0.25) is 19.3 Å². The SMILES string of the molecule is COc1cc(C#N)ccc1OCC(=O)NCCN1C(=O)S/C(=C\c2ccccc2Cl)C1=O. The second-order valence-electron chi connectivity index (χ2n) is 6.47. The van der Waals surface area contributed by atoms with E-state index in [1.807, 2.05) is 6.07 Å². The molecule has 0 aliphatic carbocycles. The molecule has 0 radical (unpaired) electrons. The zero-order valence-electron chi connectivity index (χ0n) is 17.0. The minimum atomic E-state index is -0.437. The number of halogens is 1. The van der Waals surface area contributed by atoms with Gasteiger partial charge in [-0.25, -0.2) is 0 Å². The van der Waals surface area contributed by atoms with Crippen molar-refractivity contribution in [3.05, 3.63) is 63.5 Å². The van der Waals surface area contributed by atoms with Crippen molar-refractivity contribution in [2.24, 2.45) is 0 Å². The largest absolute Gasteiger partial charge is 0.493 e. The fraction of sp³-hybridized carbons (Fsp3) is 0.182. The molecular formula is C22H18ClN3O5S. The Hall–Kier alpha value is -3.48. The number of thioether (sulfide) groups is 1. The molecule has 0 atom stereocenters. The second kappa shape index (κ2) is 10.7. The number of hydrogen-bond acceptors (Lipinski definition) is 7. The van der Waals surface area contributed by atoms with Gasteiger partial charge < -0.3 is 14.8 Å². The topological polar surface area (TPSA) is 109 Å². The third kappa shape index (κ3) is 5.60. The molecule has 32 heavy (non-hydrogen) atoms. The summed E-state index contributed by atoms with van der Waals surface area (Å²) in [6.45, 7) is -0.197. The number of imide groups is 1. The van der Waals surface area contributed by atoms with Gasteiger partial charge in [-0.1, -0.05) is 29.8 Å². The van der Waals surface area contributed by atoms with Gasteiger partial charge in [-0.2, -0.15) is 5.26 Å². The first-order valence-electron chi connectivity index (χ1n) is 9.40. The van der Waals surface area contributed by atoms with Crippen LogP contribution >= 0.6 is 23.4 Å². The number of amides is 3. The Balaban J connectivity index is 1.50. The van der Waals surface area contributed by atoms with Crippen LogP contribution in [0, 0.1) is 11.3 Å². The molecule has 2 aromatic rings. The fourth-order valence-electron chi connectivity index (χ4n) is 2.78. The van der Waals surface area contributed by atoms with Crippen LogP contribution in [-0.4, -0.2) is 48.8 Å². The molecule has 8 nitrogen and oxygen atoms in total. The van der Waals surface area contributed by atoms with E-state index in [2.05, 4.69) is 5.32 Å².